The third-order valence-corrected chi connectivity index (χ3v) is 5.97. The molecular formula is C22H27NO4S. The maximum Gasteiger partial charge on any atom is 0.255 e. The molecule has 0 radical (unpaired) electrons. The standard InChI is InChI=1S/C22H27NO4S/c1-4-5-13-27-17-8-6-16(7-9-17)21(24)23-12-14-28-22(23)19-11-10-18(25-2)15-20(19)26-3/h6-11,15,22H,4-5,12-14H2,1-3H3/t22-/m1/s1. The topological polar surface area (TPSA) is 48.0 Å². The molecule has 1 saturated heterocycles. The summed E-state index contributed by atoms with van der Waals surface area (Å²) in [4.78, 5) is 15.0. The first-order chi connectivity index (χ1) is 13.7. The molecule has 2 aromatic rings. The number of carbonyl (C=O) groups excluding carboxylic acids is 1. The zero-order chi connectivity index (χ0) is 19.9. The van der Waals surface area contributed by atoms with Crippen LogP contribution in [0.5, 0.6) is 17.2 Å². The van der Waals surface area contributed by atoms with Crippen molar-refractivity contribution in [2.24, 2.45) is 0 Å². The van der Waals surface area contributed by atoms with Gasteiger partial charge in [0.15, 0.2) is 0 Å². The number of benzene rings is 2. The third kappa shape index (κ3) is 4.55. The first-order valence-electron chi connectivity index (χ1n) is 9.55. The van der Waals surface area contributed by atoms with Crippen LogP contribution in [0.3, 0.4) is 0 Å². The van der Waals surface area contributed by atoms with Crippen LogP contribution in [0.15, 0.2) is 42.5 Å². The highest BCUT2D eigenvalue weighted by atomic mass is 32.2. The summed E-state index contributed by atoms with van der Waals surface area (Å²) >= 11 is 1.75. The Labute approximate surface area is 171 Å². The highest BCUT2D eigenvalue weighted by molar-refractivity contribution is 7.99. The zero-order valence-corrected chi connectivity index (χ0v) is 17.5. The van der Waals surface area contributed by atoms with Gasteiger partial charge in [-0.3, -0.25) is 4.79 Å². The third-order valence-electron chi connectivity index (χ3n) is 4.73. The molecule has 0 aliphatic carbocycles. The number of rotatable bonds is 8. The molecule has 3 rings (SSSR count). The van der Waals surface area contributed by atoms with Crippen LogP contribution in [0.2, 0.25) is 0 Å². The van der Waals surface area contributed by atoms with Gasteiger partial charge in [-0.2, -0.15) is 0 Å². The van der Waals surface area contributed by atoms with Gasteiger partial charge in [-0.05, 0) is 42.8 Å². The van der Waals surface area contributed by atoms with E-state index in [9.17, 15) is 4.79 Å². The van der Waals surface area contributed by atoms with Gasteiger partial charge in [0.05, 0.1) is 20.8 Å². The van der Waals surface area contributed by atoms with Crippen LogP contribution in [0.25, 0.3) is 0 Å². The van der Waals surface area contributed by atoms with Gasteiger partial charge >= 0.3 is 0 Å². The van der Waals surface area contributed by atoms with E-state index in [1.165, 1.54) is 0 Å². The fourth-order valence-electron chi connectivity index (χ4n) is 3.15. The van der Waals surface area contributed by atoms with E-state index in [1.807, 2.05) is 47.4 Å². The molecule has 0 unspecified atom stereocenters. The van der Waals surface area contributed by atoms with Crippen molar-refractivity contribution >= 4 is 17.7 Å². The van der Waals surface area contributed by atoms with Crippen molar-refractivity contribution in [1.29, 1.82) is 0 Å². The first-order valence-corrected chi connectivity index (χ1v) is 10.6. The molecule has 1 aliphatic rings. The summed E-state index contributed by atoms with van der Waals surface area (Å²) in [7, 11) is 3.27. The summed E-state index contributed by atoms with van der Waals surface area (Å²) in [5.74, 6) is 3.18. The summed E-state index contributed by atoms with van der Waals surface area (Å²) in [6.45, 7) is 3.54. The number of carbonyl (C=O) groups is 1. The van der Waals surface area contributed by atoms with E-state index in [2.05, 4.69) is 6.92 Å². The number of methoxy groups -OCH3 is 2. The number of unbranched alkanes of at least 4 members (excludes halogenated alkanes) is 1. The summed E-state index contributed by atoms with van der Waals surface area (Å²) in [5.41, 5.74) is 1.65. The SMILES string of the molecule is CCCCOc1ccc(C(=O)N2CCS[C@@H]2c2ccc(OC)cc2OC)cc1. The van der Waals surface area contributed by atoms with E-state index >= 15 is 0 Å². The van der Waals surface area contributed by atoms with Crippen LogP contribution in [0.4, 0.5) is 0 Å². The minimum Gasteiger partial charge on any atom is -0.497 e. The van der Waals surface area contributed by atoms with Crippen LogP contribution in [-0.4, -0.2) is 43.9 Å². The maximum absolute atomic E-state index is 13.1. The Morgan fingerprint density at radius 3 is 2.54 bits per heavy atom. The molecule has 0 N–H and O–H groups in total. The number of amides is 1. The summed E-state index contributed by atoms with van der Waals surface area (Å²) in [6.07, 6.45) is 2.12. The van der Waals surface area contributed by atoms with E-state index < -0.39 is 0 Å². The van der Waals surface area contributed by atoms with Gasteiger partial charge in [0.1, 0.15) is 22.6 Å². The van der Waals surface area contributed by atoms with Crippen molar-refractivity contribution in [3.05, 3.63) is 53.6 Å². The zero-order valence-electron chi connectivity index (χ0n) is 16.6. The van der Waals surface area contributed by atoms with E-state index in [1.54, 1.807) is 26.0 Å². The van der Waals surface area contributed by atoms with E-state index in [0.717, 1.165) is 41.4 Å². The molecule has 0 aromatic heterocycles. The van der Waals surface area contributed by atoms with Crippen LogP contribution >= 0.6 is 11.8 Å². The van der Waals surface area contributed by atoms with E-state index in [-0.39, 0.29) is 11.3 Å². The lowest BCUT2D eigenvalue weighted by Gasteiger charge is -2.26. The molecule has 0 saturated carbocycles. The van der Waals surface area contributed by atoms with E-state index in [0.29, 0.717) is 18.7 Å². The van der Waals surface area contributed by atoms with Gasteiger partial charge < -0.3 is 19.1 Å². The lowest BCUT2D eigenvalue weighted by Crippen LogP contribution is -2.30. The molecule has 1 atom stereocenters. The lowest BCUT2D eigenvalue weighted by molar-refractivity contribution is 0.0759. The molecule has 1 aliphatic heterocycles. The smallest absolute Gasteiger partial charge is 0.255 e. The lowest BCUT2D eigenvalue weighted by atomic mass is 10.1. The minimum atomic E-state index is -0.0752. The van der Waals surface area contributed by atoms with Crippen molar-refractivity contribution in [3.63, 3.8) is 0 Å². The molecule has 6 heteroatoms. The van der Waals surface area contributed by atoms with E-state index in [4.69, 9.17) is 14.2 Å². The predicted molar refractivity (Wildman–Crippen MR) is 113 cm³/mol. The van der Waals surface area contributed by atoms with Crippen molar-refractivity contribution in [2.75, 3.05) is 33.1 Å². The monoisotopic (exact) mass is 401 g/mol. The Hall–Kier alpha value is -2.34. The molecule has 0 spiro atoms. The second-order valence-corrected chi connectivity index (χ2v) is 7.74. The molecule has 0 bridgehead atoms. The number of hydrogen-bond acceptors (Lipinski definition) is 5. The normalized spacial score (nSPS) is 16.1. The van der Waals surface area contributed by atoms with Crippen LogP contribution < -0.4 is 14.2 Å². The highest BCUT2D eigenvalue weighted by Gasteiger charge is 2.33. The Morgan fingerprint density at radius 1 is 1.11 bits per heavy atom. The molecule has 1 fully saturated rings. The first kappa shape index (κ1) is 20.4. The second kappa shape index (κ2) is 9.73. The van der Waals surface area contributed by atoms with Gasteiger partial charge in [0.25, 0.3) is 5.91 Å². The van der Waals surface area contributed by atoms with Crippen molar-refractivity contribution in [1.82, 2.24) is 4.90 Å². The molecule has 28 heavy (non-hydrogen) atoms. The van der Waals surface area contributed by atoms with Crippen molar-refractivity contribution < 1.29 is 19.0 Å². The van der Waals surface area contributed by atoms with Crippen LogP contribution in [0, 0.1) is 0 Å². The summed E-state index contributed by atoms with van der Waals surface area (Å²) in [5, 5.41) is -0.0752. The van der Waals surface area contributed by atoms with Gasteiger partial charge in [-0.25, -0.2) is 0 Å². The Morgan fingerprint density at radius 2 is 1.86 bits per heavy atom. The van der Waals surface area contributed by atoms with Gasteiger partial charge in [0, 0.05) is 29.5 Å². The van der Waals surface area contributed by atoms with Gasteiger partial charge in [0.2, 0.25) is 0 Å². The molecule has 5 nitrogen and oxygen atoms in total. The summed E-state index contributed by atoms with van der Waals surface area (Å²) in [6, 6.07) is 13.2. The number of thioether (sulfide) groups is 1. The van der Waals surface area contributed by atoms with Crippen molar-refractivity contribution in [2.45, 2.75) is 25.1 Å². The van der Waals surface area contributed by atoms with Gasteiger partial charge in [-0.1, -0.05) is 13.3 Å². The fourth-order valence-corrected chi connectivity index (χ4v) is 4.43. The molecule has 2 aromatic carbocycles. The second-order valence-electron chi connectivity index (χ2n) is 6.56. The molecule has 1 heterocycles. The molecule has 150 valence electrons. The fraction of sp³-hybridized carbons (Fsp3) is 0.409. The largest absolute Gasteiger partial charge is 0.497 e. The molecule has 1 amide bonds. The number of nitrogens with zero attached hydrogens (tertiary/aromatic N) is 1. The highest BCUT2D eigenvalue weighted by Crippen LogP contribution is 2.43. The molecular weight excluding hydrogens is 374 g/mol. The summed E-state index contributed by atoms with van der Waals surface area (Å²) < 4.78 is 16.5. The van der Waals surface area contributed by atoms with Gasteiger partial charge in [-0.15, -0.1) is 11.8 Å². The predicted octanol–water partition coefficient (Wildman–Crippen LogP) is 4.77. The van der Waals surface area contributed by atoms with Crippen molar-refractivity contribution in [3.8, 4) is 17.2 Å². The average Bonchev–Trinajstić information content (AvgIpc) is 3.23. The maximum atomic E-state index is 13.1. The number of hydrogen-bond donors (Lipinski definition) is 0. The van der Waals surface area contributed by atoms with Crippen LogP contribution in [-0.2, 0) is 0 Å². The Balaban J connectivity index is 1.76. The quantitative estimate of drug-likeness (QED) is 0.596. The Bertz CT molecular complexity index is 794. The average molecular weight is 402 g/mol. The number of ether oxygens (including phenoxy) is 3. The minimum absolute atomic E-state index is 0.0213. The van der Waals surface area contributed by atoms with Crippen LogP contribution in [0.1, 0.15) is 41.1 Å². The Kier molecular flexibility index (Phi) is 7.09.